The summed E-state index contributed by atoms with van der Waals surface area (Å²) in [5.41, 5.74) is 4.85. The van der Waals surface area contributed by atoms with Crippen LogP contribution in [0.1, 0.15) is 43.4 Å². The van der Waals surface area contributed by atoms with Gasteiger partial charge in [0.2, 0.25) is 0 Å². The van der Waals surface area contributed by atoms with Crippen LogP contribution >= 0.6 is 0 Å². The van der Waals surface area contributed by atoms with Gasteiger partial charge < -0.3 is 4.74 Å². The van der Waals surface area contributed by atoms with Gasteiger partial charge >= 0.3 is 5.97 Å². The Bertz CT molecular complexity index is 671. The number of aryl methyl sites for hydroxylation is 1. The average molecular weight is 322 g/mol. The van der Waals surface area contributed by atoms with Gasteiger partial charge in [0, 0.05) is 6.92 Å². The number of esters is 1. The van der Waals surface area contributed by atoms with Crippen LogP contribution in [0.4, 0.5) is 0 Å². The summed E-state index contributed by atoms with van der Waals surface area (Å²) in [5, 5.41) is 0. The fraction of sp³-hybridized carbons (Fsp3) is 0.318. The molecule has 0 heterocycles. The van der Waals surface area contributed by atoms with E-state index in [0.29, 0.717) is 6.61 Å². The first-order valence-corrected chi connectivity index (χ1v) is 8.63. The summed E-state index contributed by atoms with van der Waals surface area (Å²) in [5.74, 6) is -0.245. The van der Waals surface area contributed by atoms with Crippen LogP contribution in [0.3, 0.4) is 0 Å². The lowest BCUT2D eigenvalue weighted by molar-refractivity contribution is -0.139. The molecule has 0 aliphatic heterocycles. The zero-order valence-electron chi connectivity index (χ0n) is 14.6. The fourth-order valence-corrected chi connectivity index (χ4v) is 2.65. The summed E-state index contributed by atoms with van der Waals surface area (Å²) in [6.07, 6.45) is 6.44. The van der Waals surface area contributed by atoms with E-state index in [1.807, 2.05) is 18.2 Å². The normalized spacial score (nSPS) is 11.3. The maximum Gasteiger partial charge on any atom is 0.302 e. The molecule has 0 aromatic heterocycles. The van der Waals surface area contributed by atoms with E-state index in [1.165, 1.54) is 36.5 Å². The van der Waals surface area contributed by atoms with Gasteiger partial charge in [0.05, 0.1) is 0 Å². The van der Waals surface area contributed by atoms with E-state index in [2.05, 4.69) is 49.4 Å². The van der Waals surface area contributed by atoms with Gasteiger partial charge in [0.25, 0.3) is 0 Å². The first-order chi connectivity index (χ1) is 11.7. The Morgan fingerprint density at radius 3 is 2.50 bits per heavy atom. The Morgan fingerprint density at radius 1 is 1.04 bits per heavy atom. The molecule has 0 radical (unpaired) electrons. The molecule has 0 aliphatic carbocycles. The average Bonchev–Trinajstić information content (AvgIpc) is 2.59. The highest BCUT2D eigenvalue weighted by Crippen LogP contribution is 2.16. The molecule has 0 saturated heterocycles. The number of hydrogen-bond acceptors (Lipinski definition) is 2. The number of carbonyl (C=O) groups is 1. The van der Waals surface area contributed by atoms with Gasteiger partial charge in [0.15, 0.2) is 0 Å². The molecule has 0 amide bonds. The van der Waals surface area contributed by atoms with E-state index in [1.54, 1.807) is 0 Å². The molecule has 126 valence electrons. The lowest BCUT2D eigenvalue weighted by atomic mass is 10.0. The Labute approximate surface area is 145 Å². The minimum Gasteiger partial charge on any atom is -0.461 e. The lowest BCUT2D eigenvalue weighted by Gasteiger charge is -2.09. The fourth-order valence-electron chi connectivity index (χ4n) is 2.65. The molecule has 0 N–H and O–H groups in total. The third-order valence-electron chi connectivity index (χ3n) is 3.88. The first-order valence-electron chi connectivity index (χ1n) is 8.63. The molecule has 0 fully saturated rings. The van der Waals surface area contributed by atoms with E-state index in [0.717, 1.165) is 18.4 Å². The van der Waals surface area contributed by atoms with Crippen LogP contribution in [-0.4, -0.2) is 12.6 Å². The number of benzene rings is 2. The number of ether oxygens (including phenoxy) is 1. The van der Waals surface area contributed by atoms with Crippen molar-refractivity contribution < 1.29 is 9.53 Å². The van der Waals surface area contributed by atoms with Crippen molar-refractivity contribution in [3.63, 3.8) is 0 Å². The summed E-state index contributed by atoms with van der Waals surface area (Å²) in [4.78, 5) is 11.2. The smallest absolute Gasteiger partial charge is 0.302 e. The molecular formula is C22H26O2. The standard InChI is InChI=1S/C22H26O2/c1-3-4-9-19-12-8-13-21(14-19)16-22(17-24-18(2)23)15-20-10-6-5-7-11-20/h5-8,10-14,16H,3-4,9,15,17H2,1-2H3. The molecule has 2 rings (SSSR count). The summed E-state index contributed by atoms with van der Waals surface area (Å²) in [7, 11) is 0. The van der Waals surface area contributed by atoms with Crippen molar-refractivity contribution in [3.8, 4) is 0 Å². The van der Waals surface area contributed by atoms with Crippen molar-refractivity contribution in [2.24, 2.45) is 0 Å². The number of carbonyl (C=O) groups excluding carboxylic acids is 1. The second-order valence-electron chi connectivity index (χ2n) is 6.09. The SMILES string of the molecule is CCCCc1cccc(C=C(COC(C)=O)Cc2ccccc2)c1. The van der Waals surface area contributed by atoms with Crippen LogP contribution in [0.2, 0.25) is 0 Å². The van der Waals surface area contributed by atoms with Crippen molar-refractivity contribution >= 4 is 12.0 Å². The Hall–Kier alpha value is -2.35. The quantitative estimate of drug-likeness (QED) is 0.623. The Balaban J connectivity index is 2.18. The highest BCUT2D eigenvalue weighted by Gasteiger charge is 2.04. The third-order valence-corrected chi connectivity index (χ3v) is 3.88. The van der Waals surface area contributed by atoms with Gasteiger partial charge in [-0.15, -0.1) is 0 Å². The topological polar surface area (TPSA) is 26.3 Å². The molecule has 0 atom stereocenters. The van der Waals surface area contributed by atoms with Crippen molar-refractivity contribution in [2.75, 3.05) is 6.61 Å². The molecule has 0 unspecified atom stereocenters. The molecule has 0 saturated carbocycles. The molecule has 2 aromatic rings. The van der Waals surface area contributed by atoms with Crippen LogP contribution in [-0.2, 0) is 22.4 Å². The van der Waals surface area contributed by atoms with Crippen LogP contribution < -0.4 is 0 Å². The molecule has 0 aliphatic rings. The molecule has 2 heteroatoms. The number of unbranched alkanes of at least 4 members (excludes halogenated alkanes) is 1. The van der Waals surface area contributed by atoms with Gasteiger partial charge in [0.1, 0.15) is 6.61 Å². The monoisotopic (exact) mass is 322 g/mol. The highest BCUT2D eigenvalue weighted by molar-refractivity contribution is 5.66. The van der Waals surface area contributed by atoms with Gasteiger partial charge in [-0.2, -0.15) is 0 Å². The molecular weight excluding hydrogens is 296 g/mol. The minimum absolute atomic E-state index is 0.245. The summed E-state index contributed by atoms with van der Waals surface area (Å²) in [6, 6.07) is 18.9. The van der Waals surface area contributed by atoms with Gasteiger partial charge in [-0.05, 0) is 41.5 Å². The van der Waals surface area contributed by atoms with Crippen molar-refractivity contribution in [1.82, 2.24) is 0 Å². The Kier molecular flexibility index (Phi) is 7.28. The van der Waals surface area contributed by atoms with Crippen LogP contribution in [0.5, 0.6) is 0 Å². The van der Waals surface area contributed by atoms with E-state index in [9.17, 15) is 4.79 Å². The highest BCUT2D eigenvalue weighted by atomic mass is 16.5. The van der Waals surface area contributed by atoms with E-state index in [4.69, 9.17) is 4.74 Å². The van der Waals surface area contributed by atoms with Gasteiger partial charge in [-0.1, -0.05) is 74.0 Å². The molecule has 0 bridgehead atoms. The van der Waals surface area contributed by atoms with E-state index in [-0.39, 0.29) is 5.97 Å². The number of rotatable bonds is 8. The van der Waals surface area contributed by atoms with Crippen molar-refractivity contribution in [3.05, 3.63) is 76.9 Å². The van der Waals surface area contributed by atoms with Gasteiger partial charge in [-0.3, -0.25) is 4.79 Å². The number of hydrogen-bond donors (Lipinski definition) is 0. The predicted octanol–water partition coefficient (Wildman–Crippen LogP) is 5.22. The van der Waals surface area contributed by atoms with E-state index >= 15 is 0 Å². The molecule has 0 spiro atoms. The van der Waals surface area contributed by atoms with E-state index < -0.39 is 0 Å². The Morgan fingerprint density at radius 2 is 1.79 bits per heavy atom. The van der Waals surface area contributed by atoms with Crippen molar-refractivity contribution in [1.29, 1.82) is 0 Å². The van der Waals surface area contributed by atoms with Gasteiger partial charge in [-0.25, -0.2) is 0 Å². The van der Waals surface area contributed by atoms with Crippen LogP contribution in [0.25, 0.3) is 6.08 Å². The maximum atomic E-state index is 11.2. The maximum absolute atomic E-state index is 11.2. The third kappa shape index (κ3) is 6.41. The predicted molar refractivity (Wildman–Crippen MR) is 99.8 cm³/mol. The first kappa shape index (κ1) is 18.0. The zero-order chi connectivity index (χ0) is 17.2. The summed E-state index contributed by atoms with van der Waals surface area (Å²) >= 11 is 0. The second-order valence-corrected chi connectivity index (χ2v) is 6.09. The molecule has 2 nitrogen and oxygen atoms in total. The van der Waals surface area contributed by atoms with Crippen LogP contribution in [0, 0.1) is 0 Å². The largest absolute Gasteiger partial charge is 0.461 e. The molecule has 24 heavy (non-hydrogen) atoms. The van der Waals surface area contributed by atoms with Crippen LogP contribution in [0.15, 0.2) is 60.2 Å². The summed E-state index contributed by atoms with van der Waals surface area (Å²) < 4.78 is 5.24. The minimum atomic E-state index is -0.245. The zero-order valence-corrected chi connectivity index (χ0v) is 14.6. The molecule has 2 aromatic carbocycles. The lowest BCUT2D eigenvalue weighted by Crippen LogP contribution is -2.05. The second kappa shape index (κ2) is 9.71. The summed E-state index contributed by atoms with van der Waals surface area (Å²) in [6.45, 7) is 4.00. The van der Waals surface area contributed by atoms with Crippen molar-refractivity contribution in [2.45, 2.75) is 39.5 Å².